The first-order valence-electron chi connectivity index (χ1n) is 7.00. The van der Waals surface area contributed by atoms with Gasteiger partial charge in [-0.3, -0.25) is 4.79 Å². The lowest BCUT2D eigenvalue weighted by molar-refractivity contribution is -0.122. The number of nitrogens with two attached hydrogens (primary N) is 2. The standard InChI is InChI=1S/C14H21N3O3S/c15-13-3-1-2-11(13)8-14(18)17-9-10-4-6-12(7-5-10)21(16,19)20/h4-7,11,13H,1-3,8-9,15H2,(H,17,18)(H2,16,19,20)/t11-,13+/m0/s1. The molecule has 1 aliphatic carbocycles. The smallest absolute Gasteiger partial charge is 0.238 e. The van der Waals surface area contributed by atoms with E-state index in [9.17, 15) is 13.2 Å². The highest BCUT2D eigenvalue weighted by Gasteiger charge is 2.25. The lowest BCUT2D eigenvalue weighted by atomic mass is 10.00. The highest BCUT2D eigenvalue weighted by atomic mass is 32.2. The SMILES string of the molecule is N[C@@H]1CCC[C@H]1CC(=O)NCc1ccc(S(N)(=O)=O)cc1. The Morgan fingerprint density at radius 1 is 1.24 bits per heavy atom. The predicted octanol–water partition coefficient (Wildman–Crippen LogP) is 0.468. The summed E-state index contributed by atoms with van der Waals surface area (Å²) in [5.74, 6) is 0.252. The molecule has 0 unspecified atom stereocenters. The average molecular weight is 311 g/mol. The number of carbonyl (C=O) groups excluding carboxylic acids is 1. The van der Waals surface area contributed by atoms with Gasteiger partial charge in [-0.15, -0.1) is 0 Å². The largest absolute Gasteiger partial charge is 0.352 e. The van der Waals surface area contributed by atoms with Crippen molar-refractivity contribution >= 4 is 15.9 Å². The highest BCUT2D eigenvalue weighted by molar-refractivity contribution is 7.89. The van der Waals surface area contributed by atoms with Crippen LogP contribution in [0.5, 0.6) is 0 Å². The number of primary sulfonamides is 1. The quantitative estimate of drug-likeness (QED) is 0.733. The summed E-state index contributed by atoms with van der Waals surface area (Å²) in [4.78, 5) is 11.9. The van der Waals surface area contributed by atoms with Crippen LogP contribution in [-0.2, 0) is 21.4 Å². The van der Waals surface area contributed by atoms with Crippen LogP contribution in [0.1, 0.15) is 31.2 Å². The summed E-state index contributed by atoms with van der Waals surface area (Å²) in [7, 11) is -3.67. The normalized spacial score (nSPS) is 22.2. The molecule has 0 aliphatic heterocycles. The van der Waals surface area contributed by atoms with Gasteiger partial charge in [0.25, 0.3) is 0 Å². The molecule has 0 saturated heterocycles. The highest BCUT2D eigenvalue weighted by Crippen LogP contribution is 2.26. The van der Waals surface area contributed by atoms with E-state index in [2.05, 4.69) is 5.32 Å². The predicted molar refractivity (Wildman–Crippen MR) is 79.6 cm³/mol. The molecular weight excluding hydrogens is 290 g/mol. The zero-order chi connectivity index (χ0) is 15.5. The third-order valence-corrected chi connectivity index (χ3v) is 4.84. The van der Waals surface area contributed by atoms with Gasteiger partial charge in [0.15, 0.2) is 0 Å². The summed E-state index contributed by atoms with van der Waals surface area (Å²) in [6.07, 6.45) is 3.55. The zero-order valence-electron chi connectivity index (χ0n) is 11.8. The summed E-state index contributed by atoms with van der Waals surface area (Å²) >= 11 is 0. The Balaban J connectivity index is 1.84. The van der Waals surface area contributed by atoms with Gasteiger partial charge in [0, 0.05) is 19.0 Å². The van der Waals surface area contributed by atoms with E-state index < -0.39 is 10.0 Å². The van der Waals surface area contributed by atoms with Crippen LogP contribution in [0.25, 0.3) is 0 Å². The summed E-state index contributed by atoms with van der Waals surface area (Å²) in [6.45, 7) is 0.367. The molecule has 5 N–H and O–H groups in total. The van der Waals surface area contributed by atoms with Gasteiger partial charge in [-0.2, -0.15) is 0 Å². The number of benzene rings is 1. The van der Waals surface area contributed by atoms with Crippen LogP contribution in [0.15, 0.2) is 29.2 Å². The Hall–Kier alpha value is -1.44. The number of amides is 1. The fraction of sp³-hybridized carbons (Fsp3) is 0.500. The van der Waals surface area contributed by atoms with Crippen molar-refractivity contribution in [1.29, 1.82) is 0 Å². The third kappa shape index (κ3) is 4.52. The van der Waals surface area contributed by atoms with Gasteiger partial charge in [0.2, 0.25) is 15.9 Å². The molecule has 1 amide bonds. The minimum absolute atomic E-state index is 0.0205. The molecule has 0 radical (unpaired) electrons. The van der Waals surface area contributed by atoms with E-state index in [-0.39, 0.29) is 22.8 Å². The number of sulfonamides is 1. The average Bonchev–Trinajstić information content (AvgIpc) is 2.81. The van der Waals surface area contributed by atoms with E-state index in [1.807, 2.05) is 0 Å². The molecule has 1 aromatic carbocycles. The lowest BCUT2D eigenvalue weighted by Crippen LogP contribution is -2.31. The number of carbonyl (C=O) groups is 1. The van der Waals surface area contributed by atoms with E-state index in [0.29, 0.717) is 13.0 Å². The molecule has 1 aliphatic rings. The zero-order valence-corrected chi connectivity index (χ0v) is 12.6. The van der Waals surface area contributed by atoms with E-state index >= 15 is 0 Å². The van der Waals surface area contributed by atoms with Crippen LogP contribution < -0.4 is 16.2 Å². The number of nitrogens with one attached hydrogen (secondary N) is 1. The van der Waals surface area contributed by atoms with Crippen LogP contribution in [0.4, 0.5) is 0 Å². The topological polar surface area (TPSA) is 115 Å². The van der Waals surface area contributed by atoms with Crippen molar-refractivity contribution < 1.29 is 13.2 Å². The summed E-state index contributed by atoms with van der Waals surface area (Å²) in [6, 6.07) is 6.28. The van der Waals surface area contributed by atoms with Crippen molar-refractivity contribution in [3.05, 3.63) is 29.8 Å². The van der Waals surface area contributed by atoms with E-state index in [1.165, 1.54) is 12.1 Å². The number of rotatable bonds is 5. The second-order valence-electron chi connectivity index (χ2n) is 5.52. The van der Waals surface area contributed by atoms with Crippen molar-refractivity contribution in [3.8, 4) is 0 Å². The molecular formula is C14H21N3O3S. The molecule has 0 spiro atoms. The van der Waals surface area contributed by atoms with Crippen molar-refractivity contribution in [2.75, 3.05) is 0 Å². The van der Waals surface area contributed by atoms with Crippen LogP contribution in [0, 0.1) is 5.92 Å². The van der Waals surface area contributed by atoms with Crippen LogP contribution in [0.3, 0.4) is 0 Å². The molecule has 2 rings (SSSR count). The molecule has 0 bridgehead atoms. The van der Waals surface area contributed by atoms with Crippen molar-refractivity contribution in [1.82, 2.24) is 5.32 Å². The number of hydrogen-bond donors (Lipinski definition) is 3. The lowest BCUT2D eigenvalue weighted by Gasteiger charge is -2.14. The Labute approximate surface area is 124 Å². The maximum absolute atomic E-state index is 11.9. The van der Waals surface area contributed by atoms with Gasteiger partial charge in [0.05, 0.1) is 4.90 Å². The third-order valence-electron chi connectivity index (χ3n) is 3.91. The van der Waals surface area contributed by atoms with Crippen LogP contribution in [0.2, 0.25) is 0 Å². The van der Waals surface area contributed by atoms with Gasteiger partial charge < -0.3 is 11.1 Å². The van der Waals surface area contributed by atoms with Gasteiger partial charge >= 0.3 is 0 Å². The number of hydrogen-bond acceptors (Lipinski definition) is 4. The molecule has 1 fully saturated rings. The maximum atomic E-state index is 11.9. The molecule has 1 aromatic rings. The van der Waals surface area contributed by atoms with Crippen molar-refractivity contribution in [2.45, 2.75) is 43.2 Å². The molecule has 0 heterocycles. The first kappa shape index (κ1) is 15.9. The first-order valence-corrected chi connectivity index (χ1v) is 8.55. The molecule has 2 atom stereocenters. The van der Waals surface area contributed by atoms with Gasteiger partial charge in [-0.05, 0) is 36.5 Å². The molecule has 21 heavy (non-hydrogen) atoms. The van der Waals surface area contributed by atoms with Crippen LogP contribution in [-0.4, -0.2) is 20.4 Å². The first-order chi connectivity index (χ1) is 9.86. The molecule has 0 aromatic heterocycles. The second-order valence-corrected chi connectivity index (χ2v) is 7.09. The fourth-order valence-electron chi connectivity index (χ4n) is 2.63. The Morgan fingerprint density at radius 2 is 1.90 bits per heavy atom. The maximum Gasteiger partial charge on any atom is 0.238 e. The van der Waals surface area contributed by atoms with Crippen molar-refractivity contribution in [3.63, 3.8) is 0 Å². The minimum Gasteiger partial charge on any atom is -0.352 e. The Morgan fingerprint density at radius 3 is 2.43 bits per heavy atom. The fourth-order valence-corrected chi connectivity index (χ4v) is 3.14. The molecule has 7 heteroatoms. The monoisotopic (exact) mass is 311 g/mol. The van der Waals surface area contributed by atoms with Gasteiger partial charge in [-0.1, -0.05) is 18.6 Å². The minimum atomic E-state index is -3.67. The van der Waals surface area contributed by atoms with Gasteiger partial charge in [-0.25, -0.2) is 13.6 Å². The molecule has 1 saturated carbocycles. The van der Waals surface area contributed by atoms with Gasteiger partial charge in [0.1, 0.15) is 0 Å². The molecule has 116 valence electrons. The summed E-state index contributed by atoms with van der Waals surface area (Å²) in [5.41, 5.74) is 6.77. The van der Waals surface area contributed by atoms with E-state index in [4.69, 9.17) is 10.9 Å². The Kier molecular flexibility index (Phi) is 4.97. The van der Waals surface area contributed by atoms with E-state index in [1.54, 1.807) is 12.1 Å². The van der Waals surface area contributed by atoms with Crippen LogP contribution >= 0.6 is 0 Å². The summed E-state index contributed by atoms with van der Waals surface area (Å²) < 4.78 is 22.3. The van der Waals surface area contributed by atoms with E-state index in [0.717, 1.165) is 24.8 Å². The van der Waals surface area contributed by atoms with Crippen molar-refractivity contribution in [2.24, 2.45) is 16.8 Å². The summed E-state index contributed by atoms with van der Waals surface area (Å²) in [5, 5.41) is 7.85. The Bertz CT molecular complexity index is 598. The second kappa shape index (κ2) is 6.55. The molecule has 6 nitrogen and oxygen atoms in total.